The first-order valence-electron chi connectivity index (χ1n) is 6.56. The maximum atomic E-state index is 13.6. The lowest BCUT2D eigenvalue weighted by molar-refractivity contribution is 0.226. The highest BCUT2D eigenvalue weighted by Crippen LogP contribution is 2.21. The molecule has 0 aliphatic carbocycles. The normalized spacial score (nSPS) is 17.5. The van der Waals surface area contributed by atoms with Crippen LogP contribution in [0.4, 0.5) is 20.4 Å². The van der Waals surface area contributed by atoms with Crippen LogP contribution >= 0.6 is 0 Å². The highest BCUT2D eigenvalue weighted by molar-refractivity contribution is 5.47. The van der Waals surface area contributed by atoms with Gasteiger partial charge in [0.1, 0.15) is 0 Å². The number of anilines is 2. The smallest absolute Gasteiger partial charge is 0.168 e. The van der Waals surface area contributed by atoms with E-state index in [0.29, 0.717) is 12.5 Å². The van der Waals surface area contributed by atoms with Crippen molar-refractivity contribution in [2.24, 2.45) is 5.92 Å². The summed E-state index contributed by atoms with van der Waals surface area (Å²) in [7, 11) is 3.66. The first-order valence-corrected chi connectivity index (χ1v) is 6.56. The van der Waals surface area contributed by atoms with E-state index < -0.39 is 11.6 Å². The second-order valence-electron chi connectivity index (χ2n) is 5.03. The fourth-order valence-corrected chi connectivity index (χ4v) is 2.27. The Bertz CT molecular complexity index is 431. The van der Waals surface area contributed by atoms with E-state index in [4.69, 9.17) is 0 Å². The van der Waals surface area contributed by atoms with Crippen molar-refractivity contribution in [3.05, 3.63) is 17.7 Å². The number of hydrogen-bond donors (Lipinski definition) is 2. The number of aromatic nitrogens is 1. The van der Waals surface area contributed by atoms with Gasteiger partial charge >= 0.3 is 0 Å². The predicted molar refractivity (Wildman–Crippen MR) is 72.4 cm³/mol. The van der Waals surface area contributed by atoms with Gasteiger partial charge in [0.25, 0.3) is 0 Å². The van der Waals surface area contributed by atoms with E-state index in [1.807, 2.05) is 0 Å². The van der Waals surface area contributed by atoms with Gasteiger partial charge in [-0.3, -0.25) is 0 Å². The van der Waals surface area contributed by atoms with Gasteiger partial charge in [-0.2, -0.15) is 0 Å². The van der Waals surface area contributed by atoms with E-state index in [-0.39, 0.29) is 11.6 Å². The number of nitrogens with one attached hydrogen (secondary N) is 2. The lowest BCUT2D eigenvalue weighted by atomic mass is 9.97. The molecule has 0 aromatic carbocycles. The molecule has 2 N–H and O–H groups in total. The molecule has 19 heavy (non-hydrogen) atoms. The minimum atomic E-state index is -0.676. The van der Waals surface area contributed by atoms with Gasteiger partial charge in [-0.25, -0.2) is 13.8 Å². The molecule has 0 atom stereocenters. The molecule has 1 saturated heterocycles. The van der Waals surface area contributed by atoms with Gasteiger partial charge in [0, 0.05) is 19.7 Å². The number of rotatable bonds is 4. The molecule has 0 spiro atoms. The number of nitrogens with zero attached hydrogens (tertiary/aromatic N) is 2. The Labute approximate surface area is 112 Å². The molecular weight excluding hydrogens is 250 g/mol. The quantitative estimate of drug-likeness (QED) is 0.879. The van der Waals surface area contributed by atoms with Crippen molar-refractivity contribution in [2.45, 2.75) is 12.8 Å². The minimum Gasteiger partial charge on any atom is -0.371 e. The molecule has 2 heterocycles. The standard InChI is InChI=1S/C13H20F2N4/c1-16-12-10(14)7-11(15)13(18-12)17-8-9-3-5-19(2)6-4-9/h7,9H,3-6,8H2,1-2H3,(H2,16,17,18). The van der Waals surface area contributed by atoms with Gasteiger partial charge in [0.15, 0.2) is 23.3 Å². The molecule has 0 unspecified atom stereocenters. The molecule has 0 bridgehead atoms. The monoisotopic (exact) mass is 270 g/mol. The van der Waals surface area contributed by atoms with Gasteiger partial charge in [0.05, 0.1) is 0 Å². The fraction of sp³-hybridized carbons (Fsp3) is 0.615. The lowest BCUT2D eigenvalue weighted by Crippen LogP contribution is -2.33. The number of piperidine rings is 1. The number of hydrogen-bond acceptors (Lipinski definition) is 4. The average Bonchev–Trinajstić information content (AvgIpc) is 2.40. The van der Waals surface area contributed by atoms with Crippen molar-refractivity contribution in [1.29, 1.82) is 0 Å². The second-order valence-corrected chi connectivity index (χ2v) is 5.03. The van der Waals surface area contributed by atoms with Crippen LogP contribution in [0.2, 0.25) is 0 Å². The van der Waals surface area contributed by atoms with E-state index >= 15 is 0 Å². The lowest BCUT2D eigenvalue weighted by Gasteiger charge is -2.29. The largest absolute Gasteiger partial charge is 0.371 e. The Hall–Kier alpha value is -1.43. The van der Waals surface area contributed by atoms with Crippen molar-refractivity contribution in [3.63, 3.8) is 0 Å². The number of pyridine rings is 1. The Balaban J connectivity index is 1.95. The zero-order valence-electron chi connectivity index (χ0n) is 11.3. The van der Waals surface area contributed by atoms with Crippen LogP contribution in [0, 0.1) is 17.6 Å². The van der Waals surface area contributed by atoms with Crippen LogP contribution in [0.1, 0.15) is 12.8 Å². The first-order chi connectivity index (χ1) is 9.10. The van der Waals surface area contributed by atoms with Gasteiger partial charge in [-0.1, -0.05) is 0 Å². The molecule has 4 nitrogen and oxygen atoms in total. The number of likely N-dealkylation sites (tertiary alicyclic amines) is 1. The summed E-state index contributed by atoms with van der Waals surface area (Å²) in [4.78, 5) is 6.19. The molecule has 2 rings (SSSR count). The molecular formula is C13H20F2N4. The van der Waals surface area contributed by atoms with Crippen molar-refractivity contribution in [1.82, 2.24) is 9.88 Å². The van der Waals surface area contributed by atoms with Crippen LogP contribution in [-0.4, -0.2) is 43.6 Å². The molecule has 1 fully saturated rings. The van der Waals surface area contributed by atoms with Crippen LogP contribution in [-0.2, 0) is 0 Å². The van der Waals surface area contributed by atoms with Gasteiger partial charge in [0.2, 0.25) is 0 Å². The topological polar surface area (TPSA) is 40.2 Å². The minimum absolute atomic E-state index is 0.0623. The van der Waals surface area contributed by atoms with Crippen molar-refractivity contribution in [3.8, 4) is 0 Å². The summed E-state index contributed by atoms with van der Waals surface area (Å²) in [5.74, 6) is -0.633. The highest BCUT2D eigenvalue weighted by atomic mass is 19.1. The molecule has 0 amide bonds. The van der Waals surface area contributed by atoms with Crippen molar-refractivity contribution < 1.29 is 8.78 Å². The molecule has 1 aliphatic heterocycles. The molecule has 1 aromatic heterocycles. The third-order valence-corrected chi connectivity index (χ3v) is 3.56. The average molecular weight is 270 g/mol. The first kappa shape index (κ1) is 14.0. The fourth-order valence-electron chi connectivity index (χ4n) is 2.27. The molecule has 1 aromatic rings. The van der Waals surface area contributed by atoms with E-state index in [1.165, 1.54) is 0 Å². The summed E-state index contributed by atoms with van der Waals surface area (Å²) in [6.07, 6.45) is 2.18. The van der Waals surface area contributed by atoms with E-state index in [1.54, 1.807) is 7.05 Å². The molecule has 0 saturated carbocycles. The predicted octanol–water partition coefficient (Wildman–Crippen LogP) is 2.16. The molecule has 1 aliphatic rings. The van der Waals surface area contributed by atoms with Crippen LogP contribution in [0.25, 0.3) is 0 Å². The van der Waals surface area contributed by atoms with Crippen LogP contribution in [0.3, 0.4) is 0 Å². The Kier molecular flexibility index (Phi) is 4.52. The maximum absolute atomic E-state index is 13.6. The van der Waals surface area contributed by atoms with Crippen LogP contribution in [0.15, 0.2) is 6.07 Å². The van der Waals surface area contributed by atoms with Crippen LogP contribution in [0.5, 0.6) is 0 Å². The zero-order valence-corrected chi connectivity index (χ0v) is 11.3. The van der Waals surface area contributed by atoms with Gasteiger partial charge < -0.3 is 15.5 Å². The summed E-state index contributed by atoms with van der Waals surface area (Å²) in [6.45, 7) is 2.80. The van der Waals surface area contributed by atoms with E-state index in [2.05, 4.69) is 27.6 Å². The summed E-state index contributed by atoms with van der Waals surface area (Å²) in [5.41, 5.74) is 0. The zero-order chi connectivity index (χ0) is 13.8. The maximum Gasteiger partial charge on any atom is 0.168 e. The highest BCUT2D eigenvalue weighted by Gasteiger charge is 2.17. The Morgan fingerprint density at radius 1 is 1.26 bits per heavy atom. The van der Waals surface area contributed by atoms with Gasteiger partial charge in [-0.05, 0) is 38.9 Å². The van der Waals surface area contributed by atoms with Crippen molar-refractivity contribution >= 4 is 11.6 Å². The summed E-state index contributed by atoms with van der Waals surface area (Å²) in [6, 6.07) is 0.857. The van der Waals surface area contributed by atoms with Gasteiger partial charge in [-0.15, -0.1) is 0 Å². The summed E-state index contributed by atoms with van der Waals surface area (Å²) < 4.78 is 26.9. The Morgan fingerprint density at radius 2 is 1.89 bits per heavy atom. The third-order valence-electron chi connectivity index (χ3n) is 3.56. The summed E-state index contributed by atoms with van der Waals surface area (Å²) in [5, 5.41) is 5.60. The summed E-state index contributed by atoms with van der Waals surface area (Å²) >= 11 is 0. The molecule has 106 valence electrons. The second kappa shape index (κ2) is 6.14. The molecule has 0 radical (unpaired) electrons. The number of halogens is 2. The van der Waals surface area contributed by atoms with Crippen molar-refractivity contribution in [2.75, 3.05) is 44.4 Å². The molecule has 6 heteroatoms. The van der Waals surface area contributed by atoms with E-state index in [9.17, 15) is 8.78 Å². The SMILES string of the molecule is CNc1nc(NCC2CCN(C)CC2)c(F)cc1F. The van der Waals surface area contributed by atoms with Crippen LogP contribution < -0.4 is 10.6 Å². The Morgan fingerprint density at radius 3 is 2.53 bits per heavy atom. The van der Waals surface area contributed by atoms with E-state index in [0.717, 1.165) is 32.0 Å². The third kappa shape index (κ3) is 3.53.